The van der Waals surface area contributed by atoms with E-state index in [9.17, 15) is 15.0 Å². The highest BCUT2D eigenvalue weighted by Crippen LogP contribution is 2.15. The summed E-state index contributed by atoms with van der Waals surface area (Å²) in [7, 11) is 0. The van der Waals surface area contributed by atoms with Gasteiger partial charge in [0.25, 0.3) is 0 Å². The van der Waals surface area contributed by atoms with E-state index in [4.69, 9.17) is 0 Å². The molecule has 4 nitrogen and oxygen atoms in total. The molecular weight excluding hydrogens is 627 g/mol. The summed E-state index contributed by atoms with van der Waals surface area (Å²) in [6.45, 7) is 4.11. The molecule has 0 aliphatic carbocycles. The van der Waals surface area contributed by atoms with E-state index in [0.29, 0.717) is 6.42 Å². The first-order chi connectivity index (χ1) is 25.2. The van der Waals surface area contributed by atoms with Crippen molar-refractivity contribution in [2.75, 3.05) is 6.61 Å². The van der Waals surface area contributed by atoms with E-state index >= 15 is 0 Å². The second-order valence-electron chi connectivity index (χ2n) is 14.4. The third kappa shape index (κ3) is 38.9. The third-order valence-corrected chi connectivity index (χ3v) is 9.45. The Kier molecular flexibility index (Phi) is 40.4. The molecule has 4 heteroatoms. The minimum absolute atomic E-state index is 0.0718. The lowest BCUT2D eigenvalue weighted by molar-refractivity contribution is -0.123. The topological polar surface area (TPSA) is 69.6 Å². The Hall–Kier alpha value is -2.17. The van der Waals surface area contributed by atoms with Crippen molar-refractivity contribution < 1.29 is 15.0 Å². The van der Waals surface area contributed by atoms with E-state index in [1.165, 1.54) is 122 Å². The smallest absolute Gasteiger partial charge is 0.220 e. The van der Waals surface area contributed by atoms with Crippen molar-refractivity contribution in [2.24, 2.45) is 0 Å². The first-order valence-corrected chi connectivity index (χ1v) is 21.7. The molecule has 3 N–H and O–H groups in total. The van der Waals surface area contributed by atoms with Gasteiger partial charge >= 0.3 is 0 Å². The van der Waals surface area contributed by atoms with Gasteiger partial charge in [-0.3, -0.25) is 4.79 Å². The number of allylic oxidation sites excluding steroid dienone is 11. The Morgan fingerprint density at radius 2 is 0.863 bits per heavy atom. The highest BCUT2D eigenvalue weighted by atomic mass is 16.3. The van der Waals surface area contributed by atoms with Gasteiger partial charge in [-0.15, -0.1) is 0 Å². The van der Waals surface area contributed by atoms with Gasteiger partial charge in [-0.25, -0.2) is 0 Å². The van der Waals surface area contributed by atoms with Gasteiger partial charge in [0.05, 0.1) is 18.8 Å². The first kappa shape index (κ1) is 48.8. The van der Waals surface area contributed by atoms with Crippen LogP contribution in [0.3, 0.4) is 0 Å². The molecule has 51 heavy (non-hydrogen) atoms. The minimum Gasteiger partial charge on any atom is -0.394 e. The van der Waals surface area contributed by atoms with Crippen molar-refractivity contribution in [1.82, 2.24) is 5.32 Å². The molecule has 0 rings (SSSR count). The zero-order valence-corrected chi connectivity index (χ0v) is 33.6. The zero-order valence-electron chi connectivity index (χ0n) is 33.6. The lowest BCUT2D eigenvalue weighted by Gasteiger charge is -2.20. The lowest BCUT2D eigenvalue weighted by Crippen LogP contribution is -2.45. The van der Waals surface area contributed by atoms with Crippen LogP contribution >= 0.6 is 0 Å². The average molecular weight is 710 g/mol. The normalized spacial score (nSPS) is 13.7. The van der Waals surface area contributed by atoms with Crippen molar-refractivity contribution in [3.05, 3.63) is 72.9 Å². The Morgan fingerprint density at radius 3 is 1.29 bits per heavy atom. The largest absolute Gasteiger partial charge is 0.394 e. The molecule has 0 aromatic rings. The fraction of sp³-hybridized carbons (Fsp3) is 0.723. The van der Waals surface area contributed by atoms with E-state index < -0.39 is 12.1 Å². The molecule has 0 aliphatic rings. The van der Waals surface area contributed by atoms with E-state index in [-0.39, 0.29) is 12.5 Å². The van der Waals surface area contributed by atoms with E-state index in [1.807, 2.05) is 6.08 Å². The van der Waals surface area contributed by atoms with Crippen LogP contribution in [-0.2, 0) is 4.79 Å². The number of hydrogen-bond acceptors (Lipinski definition) is 3. The fourth-order valence-corrected chi connectivity index (χ4v) is 6.14. The Bertz CT molecular complexity index is 899. The van der Waals surface area contributed by atoms with Crippen LogP contribution in [0.2, 0.25) is 0 Å². The molecular formula is C47H83NO3. The van der Waals surface area contributed by atoms with Crippen molar-refractivity contribution in [2.45, 2.75) is 212 Å². The summed E-state index contributed by atoms with van der Waals surface area (Å²) in [4.78, 5) is 12.3. The molecule has 0 aromatic heterocycles. The van der Waals surface area contributed by atoms with Crippen LogP contribution in [0.4, 0.5) is 0 Å². The maximum atomic E-state index is 12.3. The SMILES string of the molecule is CC/C=C\C/C=C\C/C=C\C/C=C\C/C=C\CCCCCCCCCCCCCCCCCCCC(=O)NC(CO)C(O)/C=C/CCCCCC. The number of amides is 1. The molecule has 294 valence electrons. The first-order valence-electron chi connectivity index (χ1n) is 21.7. The minimum atomic E-state index is -0.836. The summed E-state index contributed by atoms with van der Waals surface area (Å²) in [6.07, 6.45) is 60.5. The Balaban J connectivity index is 3.44. The maximum Gasteiger partial charge on any atom is 0.220 e. The molecule has 0 aliphatic heterocycles. The van der Waals surface area contributed by atoms with Gasteiger partial charge in [0.15, 0.2) is 0 Å². The van der Waals surface area contributed by atoms with Crippen LogP contribution in [0.5, 0.6) is 0 Å². The standard InChI is InChI=1S/C47H83NO3/c1-3-5-7-9-11-12-13-14-15-16-17-18-19-20-21-22-23-24-25-26-27-28-29-30-31-32-33-34-35-36-37-39-41-43-47(51)48-45(44-49)46(50)42-40-38-10-8-6-4-2/h5,7,11-12,14-15,17-18,20-21,40,42,45-46,49-50H,3-4,6,8-10,13,16,19,22-39,41,43-44H2,1-2H3,(H,48,51)/b7-5-,12-11-,15-14-,18-17-,21-20-,42-40+. The molecule has 0 fully saturated rings. The fourth-order valence-electron chi connectivity index (χ4n) is 6.14. The second-order valence-corrected chi connectivity index (χ2v) is 14.4. The molecule has 0 saturated heterocycles. The predicted octanol–water partition coefficient (Wildman–Crippen LogP) is 13.5. The van der Waals surface area contributed by atoms with Crippen molar-refractivity contribution >= 4 is 5.91 Å². The van der Waals surface area contributed by atoms with Gasteiger partial charge in [0.2, 0.25) is 5.91 Å². The molecule has 1 amide bonds. The van der Waals surface area contributed by atoms with Crippen molar-refractivity contribution in [3.8, 4) is 0 Å². The van der Waals surface area contributed by atoms with E-state index in [2.05, 4.69) is 79.9 Å². The highest BCUT2D eigenvalue weighted by Gasteiger charge is 2.17. The summed E-state index contributed by atoms with van der Waals surface area (Å²) in [5.74, 6) is -0.0718. The number of carbonyl (C=O) groups excluding carboxylic acids is 1. The van der Waals surface area contributed by atoms with Crippen LogP contribution in [0.15, 0.2) is 72.9 Å². The third-order valence-electron chi connectivity index (χ3n) is 9.45. The molecule has 0 aromatic carbocycles. The van der Waals surface area contributed by atoms with Gasteiger partial charge in [0, 0.05) is 6.42 Å². The van der Waals surface area contributed by atoms with Gasteiger partial charge < -0.3 is 15.5 Å². The van der Waals surface area contributed by atoms with Gasteiger partial charge in [-0.05, 0) is 64.2 Å². The number of rotatable bonds is 38. The molecule has 0 bridgehead atoms. The number of aliphatic hydroxyl groups is 2. The van der Waals surface area contributed by atoms with Crippen LogP contribution in [0.1, 0.15) is 200 Å². The molecule has 2 unspecified atom stereocenters. The van der Waals surface area contributed by atoms with E-state index in [1.54, 1.807) is 6.08 Å². The number of unbranched alkanes of at least 4 members (excludes halogenated alkanes) is 21. The Morgan fingerprint density at radius 1 is 0.490 bits per heavy atom. The monoisotopic (exact) mass is 710 g/mol. The number of hydrogen-bond donors (Lipinski definition) is 3. The Labute approximate surface area is 317 Å². The molecule has 0 spiro atoms. The van der Waals surface area contributed by atoms with Crippen LogP contribution in [-0.4, -0.2) is 34.9 Å². The highest BCUT2D eigenvalue weighted by molar-refractivity contribution is 5.76. The quantitative estimate of drug-likeness (QED) is 0.0441. The molecule has 0 saturated carbocycles. The van der Waals surface area contributed by atoms with Gasteiger partial charge in [0.1, 0.15) is 0 Å². The lowest BCUT2D eigenvalue weighted by atomic mass is 10.0. The maximum absolute atomic E-state index is 12.3. The average Bonchev–Trinajstić information content (AvgIpc) is 3.13. The predicted molar refractivity (Wildman–Crippen MR) is 225 cm³/mol. The van der Waals surface area contributed by atoms with Gasteiger partial charge in [-0.2, -0.15) is 0 Å². The molecule has 0 heterocycles. The summed E-state index contributed by atoms with van der Waals surface area (Å²) in [5.41, 5.74) is 0. The zero-order chi connectivity index (χ0) is 37.1. The van der Waals surface area contributed by atoms with Crippen LogP contribution in [0, 0.1) is 0 Å². The summed E-state index contributed by atoms with van der Waals surface area (Å²) in [6, 6.07) is -0.619. The van der Waals surface area contributed by atoms with Crippen molar-refractivity contribution in [3.63, 3.8) is 0 Å². The summed E-state index contributed by atoms with van der Waals surface area (Å²) in [5, 5.41) is 22.7. The second kappa shape index (κ2) is 42.2. The molecule has 2 atom stereocenters. The van der Waals surface area contributed by atoms with Crippen molar-refractivity contribution in [1.29, 1.82) is 0 Å². The number of carbonyl (C=O) groups is 1. The summed E-state index contributed by atoms with van der Waals surface area (Å²) >= 11 is 0. The van der Waals surface area contributed by atoms with Crippen LogP contribution in [0.25, 0.3) is 0 Å². The molecule has 0 radical (unpaired) electrons. The number of aliphatic hydroxyl groups excluding tert-OH is 2. The van der Waals surface area contributed by atoms with Crippen LogP contribution < -0.4 is 5.32 Å². The summed E-state index contributed by atoms with van der Waals surface area (Å²) < 4.78 is 0. The van der Waals surface area contributed by atoms with E-state index in [0.717, 1.165) is 57.8 Å². The number of nitrogens with one attached hydrogen (secondary N) is 1. The van der Waals surface area contributed by atoms with Gasteiger partial charge in [-0.1, -0.05) is 202 Å².